The zero-order valence-corrected chi connectivity index (χ0v) is 9.10. The Kier molecular flexibility index (Phi) is 4.26. The first-order valence-corrected chi connectivity index (χ1v) is 5.28. The van der Waals surface area contributed by atoms with Gasteiger partial charge in [0, 0.05) is 6.61 Å². The van der Waals surface area contributed by atoms with Gasteiger partial charge in [0.15, 0.2) is 0 Å². The highest BCUT2D eigenvalue weighted by molar-refractivity contribution is 7.14. The molecule has 0 radical (unpaired) electrons. The van der Waals surface area contributed by atoms with E-state index in [0.717, 1.165) is 0 Å². The van der Waals surface area contributed by atoms with Gasteiger partial charge in [0.25, 0.3) is 11.8 Å². The molecular weight excluding hydrogens is 216 g/mol. The molecular formula is C9H12N2O3S. The third kappa shape index (κ3) is 3.34. The van der Waals surface area contributed by atoms with Crippen LogP contribution in [0.2, 0.25) is 0 Å². The summed E-state index contributed by atoms with van der Waals surface area (Å²) in [6.07, 6.45) is 0. The summed E-state index contributed by atoms with van der Waals surface area (Å²) in [5.41, 5.74) is 5.44. The van der Waals surface area contributed by atoms with Gasteiger partial charge in [0.2, 0.25) is 0 Å². The van der Waals surface area contributed by atoms with Crippen LogP contribution in [0, 0.1) is 0 Å². The molecule has 3 N–H and O–H groups in total. The van der Waals surface area contributed by atoms with Gasteiger partial charge in [-0.05, 0) is 18.4 Å². The molecule has 0 bridgehead atoms. The lowest BCUT2D eigenvalue weighted by molar-refractivity contribution is -0.120. The molecule has 1 rings (SSSR count). The molecule has 0 saturated carbocycles. The van der Waals surface area contributed by atoms with E-state index >= 15 is 0 Å². The van der Waals surface area contributed by atoms with E-state index in [9.17, 15) is 9.59 Å². The highest BCUT2D eigenvalue weighted by atomic mass is 32.1. The molecule has 0 fully saturated rings. The van der Waals surface area contributed by atoms with Gasteiger partial charge < -0.3 is 15.8 Å². The number of carbonyl (C=O) groups is 2. The zero-order chi connectivity index (χ0) is 11.3. The normalized spacial score (nSPS) is 9.93. The van der Waals surface area contributed by atoms with Crippen molar-refractivity contribution in [2.45, 2.75) is 6.92 Å². The van der Waals surface area contributed by atoms with Gasteiger partial charge >= 0.3 is 0 Å². The lowest BCUT2D eigenvalue weighted by Gasteiger charge is -2.03. The van der Waals surface area contributed by atoms with Crippen LogP contribution >= 0.6 is 11.3 Å². The SMILES string of the molecule is CCOCC(=O)Nc1sccc1C(N)=O. The van der Waals surface area contributed by atoms with Gasteiger partial charge in [-0.3, -0.25) is 9.59 Å². The van der Waals surface area contributed by atoms with Crippen LogP contribution in [0.15, 0.2) is 11.4 Å². The van der Waals surface area contributed by atoms with E-state index in [1.807, 2.05) is 0 Å². The molecule has 0 aliphatic heterocycles. The summed E-state index contributed by atoms with van der Waals surface area (Å²) in [4.78, 5) is 22.2. The molecule has 1 aromatic heterocycles. The minimum Gasteiger partial charge on any atom is -0.372 e. The molecule has 2 amide bonds. The van der Waals surface area contributed by atoms with Crippen molar-refractivity contribution in [3.8, 4) is 0 Å². The molecule has 1 aromatic rings. The van der Waals surface area contributed by atoms with Crippen molar-refractivity contribution in [2.24, 2.45) is 5.73 Å². The largest absolute Gasteiger partial charge is 0.372 e. The van der Waals surface area contributed by atoms with Crippen molar-refractivity contribution in [3.63, 3.8) is 0 Å². The second kappa shape index (κ2) is 5.47. The molecule has 0 aliphatic rings. The summed E-state index contributed by atoms with van der Waals surface area (Å²) < 4.78 is 4.92. The predicted octanol–water partition coefficient (Wildman–Crippen LogP) is 0.822. The molecule has 1 heterocycles. The predicted molar refractivity (Wildman–Crippen MR) is 58.0 cm³/mol. The average Bonchev–Trinajstić information content (AvgIpc) is 2.62. The summed E-state index contributed by atoms with van der Waals surface area (Å²) in [6, 6.07) is 1.57. The molecule has 0 unspecified atom stereocenters. The fourth-order valence-corrected chi connectivity index (χ4v) is 1.77. The number of nitrogens with one attached hydrogen (secondary N) is 1. The molecule has 82 valence electrons. The maximum absolute atomic E-state index is 11.3. The number of hydrogen-bond acceptors (Lipinski definition) is 4. The molecule has 15 heavy (non-hydrogen) atoms. The Labute approximate surface area is 91.2 Å². The number of ether oxygens (including phenoxy) is 1. The zero-order valence-electron chi connectivity index (χ0n) is 8.28. The minimum atomic E-state index is -0.553. The Morgan fingerprint density at radius 2 is 2.33 bits per heavy atom. The van der Waals surface area contributed by atoms with Crippen LogP contribution in [0.25, 0.3) is 0 Å². The van der Waals surface area contributed by atoms with Crippen molar-refractivity contribution in [1.29, 1.82) is 0 Å². The Morgan fingerprint density at radius 1 is 1.60 bits per heavy atom. The van der Waals surface area contributed by atoms with Crippen LogP contribution in [0.5, 0.6) is 0 Å². The van der Waals surface area contributed by atoms with E-state index in [-0.39, 0.29) is 12.5 Å². The van der Waals surface area contributed by atoms with Gasteiger partial charge in [0.1, 0.15) is 11.6 Å². The minimum absolute atomic E-state index is 0.0212. The van der Waals surface area contributed by atoms with Crippen molar-refractivity contribution >= 4 is 28.2 Å². The first kappa shape index (κ1) is 11.7. The number of thiophene rings is 1. The Hall–Kier alpha value is -1.40. The number of primary amides is 1. The van der Waals surface area contributed by atoms with E-state index in [2.05, 4.69) is 5.32 Å². The maximum atomic E-state index is 11.3. The number of hydrogen-bond donors (Lipinski definition) is 2. The van der Waals surface area contributed by atoms with Crippen LogP contribution in [0.3, 0.4) is 0 Å². The van der Waals surface area contributed by atoms with Gasteiger partial charge in [0.05, 0.1) is 5.56 Å². The number of carbonyl (C=O) groups excluding carboxylic acids is 2. The van der Waals surface area contributed by atoms with Gasteiger partial charge in [-0.1, -0.05) is 0 Å². The number of anilines is 1. The van der Waals surface area contributed by atoms with E-state index in [1.165, 1.54) is 11.3 Å². The monoisotopic (exact) mass is 228 g/mol. The van der Waals surface area contributed by atoms with Crippen LogP contribution in [-0.4, -0.2) is 25.0 Å². The maximum Gasteiger partial charge on any atom is 0.251 e. The second-order valence-corrected chi connectivity index (χ2v) is 3.63. The fraction of sp³-hybridized carbons (Fsp3) is 0.333. The molecule has 6 heteroatoms. The highest BCUT2D eigenvalue weighted by Crippen LogP contribution is 2.22. The molecule has 0 aromatic carbocycles. The van der Waals surface area contributed by atoms with E-state index in [0.29, 0.717) is 17.2 Å². The van der Waals surface area contributed by atoms with Crippen molar-refractivity contribution < 1.29 is 14.3 Å². The molecule has 0 spiro atoms. The highest BCUT2D eigenvalue weighted by Gasteiger charge is 2.11. The topological polar surface area (TPSA) is 81.4 Å². The van der Waals surface area contributed by atoms with Crippen LogP contribution in [0.1, 0.15) is 17.3 Å². The lowest BCUT2D eigenvalue weighted by atomic mass is 10.3. The number of nitrogens with two attached hydrogens (primary N) is 1. The Balaban J connectivity index is 2.60. The summed E-state index contributed by atoms with van der Waals surface area (Å²) in [5, 5.41) is 4.72. The van der Waals surface area contributed by atoms with E-state index in [1.54, 1.807) is 18.4 Å². The van der Waals surface area contributed by atoms with E-state index < -0.39 is 5.91 Å². The van der Waals surface area contributed by atoms with Crippen molar-refractivity contribution in [2.75, 3.05) is 18.5 Å². The standard InChI is InChI=1S/C9H12N2O3S/c1-2-14-5-7(12)11-9-6(8(10)13)3-4-15-9/h3-4H,2,5H2,1H3,(H2,10,13)(H,11,12). The lowest BCUT2D eigenvalue weighted by Crippen LogP contribution is -2.20. The van der Waals surface area contributed by atoms with Crippen LogP contribution < -0.4 is 11.1 Å². The smallest absolute Gasteiger partial charge is 0.251 e. The summed E-state index contributed by atoms with van der Waals surface area (Å²) >= 11 is 1.25. The Morgan fingerprint density at radius 3 is 2.93 bits per heavy atom. The van der Waals surface area contributed by atoms with Gasteiger partial charge in [-0.25, -0.2) is 0 Å². The van der Waals surface area contributed by atoms with Crippen LogP contribution in [-0.2, 0) is 9.53 Å². The number of amides is 2. The average molecular weight is 228 g/mol. The molecule has 0 saturated heterocycles. The quantitative estimate of drug-likeness (QED) is 0.782. The molecule has 5 nitrogen and oxygen atoms in total. The fourth-order valence-electron chi connectivity index (χ4n) is 0.958. The summed E-state index contributed by atoms with van der Waals surface area (Å²) in [7, 11) is 0. The first-order chi connectivity index (χ1) is 7.15. The van der Waals surface area contributed by atoms with Gasteiger partial charge in [-0.2, -0.15) is 0 Å². The first-order valence-electron chi connectivity index (χ1n) is 4.40. The van der Waals surface area contributed by atoms with Gasteiger partial charge in [-0.15, -0.1) is 11.3 Å². The van der Waals surface area contributed by atoms with Crippen molar-refractivity contribution in [1.82, 2.24) is 0 Å². The third-order valence-electron chi connectivity index (χ3n) is 1.62. The van der Waals surface area contributed by atoms with Crippen LogP contribution in [0.4, 0.5) is 5.00 Å². The Bertz CT molecular complexity index is 362. The summed E-state index contributed by atoms with van der Waals surface area (Å²) in [6.45, 7) is 2.25. The molecule has 0 aliphatic carbocycles. The number of rotatable bonds is 5. The summed E-state index contributed by atoms with van der Waals surface area (Å²) in [5.74, 6) is -0.843. The molecule has 0 atom stereocenters. The van der Waals surface area contributed by atoms with Crippen molar-refractivity contribution in [3.05, 3.63) is 17.0 Å². The second-order valence-electron chi connectivity index (χ2n) is 2.71. The van der Waals surface area contributed by atoms with E-state index in [4.69, 9.17) is 10.5 Å². The third-order valence-corrected chi connectivity index (χ3v) is 2.45.